The van der Waals surface area contributed by atoms with E-state index >= 15 is 0 Å². The fourth-order valence-electron chi connectivity index (χ4n) is 3.07. The minimum absolute atomic E-state index is 0.206. The molecule has 2 bridgehead atoms. The molecule has 138 valence electrons. The smallest absolute Gasteiger partial charge is 0.260 e. The fourth-order valence-corrected chi connectivity index (χ4v) is 3.56. The SMILES string of the molecule is CC1CCCOc2ccc(I)cc2C(=O)Nc2cccc(n2)-c2nncn21. The third-order valence-electron chi connectivity index (χ3n) is 4.48. The van der Waals surface area contributed by atoms with Crippen LogP contribution in [0.2, 0.25) is 0 Å². The lowest BCUT2D eigenvalue weighted by Gasteiger charge is -2.17. The number of hydrogen-bond donors (Lipinski definition) is 1. The summed E-state index contributed by atoms with van der Waals surface area (Å²) < 4.78 is 8.88. The monoisotopic (exact) mass is 475 g/mol. The molecule has 1 aliphatic heterocycles. The molecule has 1 amide bonds. The van der Waals surface area contributed by atoms with Crippen LogP contribution in [-0.4, -0.2) is 32.3 Å². The summed E-state index contributed by atoms with van der Waals surface area (Å²) in [7, 11) is 0. The van der Waals surface area contributed by atoms with Crippen LogP contribution in [0.15, 0.2) is 42.7 Å². The number of nitrogens with one attached hydrogen (secondary N) is 1. The van der Waals surface area contributed by atoms with Crippen LogP contribution in [0.3, 0.4) is 0 Å². The van der Waals surface area contributed by atoms with Gasteiger partial charge in [0.25, 0.3) is 5.91 Å². The van der Waals surface area contributed by atoms with E-state index < -0.39 is 0 Å². The van der Waals surface area contributed by atoms with Crippen molar-refractivity contribution in [2.45, 2.75) is 25.8 Å². The highest BCUT2D eigenvalue weighted by atomic mass is 127. The maximum Gasteiger partial charge on any atom is 0.260 e. The van der Waals surface area contributed by atoms with Gasteiger partial charge in [-0.05, 0) is 72.7 Å². The lowest BCUT2D eigenvalue weighted by Crippen LogP contribution is -2.16. The van der Waals surface area contributed by atoms with Crippen molar-refractivity contribution in [1.29, 1.82) is 0 Å². The van der Waals surface area contributed by atoms with Crippen LogP contribution in [0.5, 0.6) is 5.75 Å². The highest BCUT2D eigenvalue weighted by Gasteiger charge is 2.18. The van der Waals surface area contributed by atoms with E-state index in [2.05, 4.69) is 50.0 Å². The molecule has 3 heterocycles. The van der Waals surface area contributed by atoms with E-state index in [1.54, 1.807) is 12.4 Å². The van der Waals surface area contributed by atoms with Crippen molar-refractivity contribution in [2.75, 3.05) is 11.9 Å². The predicted octanol–water partition coefficient (Wildman–Crippen LogP) is 3.93. The van der Waals surface area contributed by atoms with E-state index in [0.717, 1.165) is 16.4 Å². The zero-order valence-electron chi connectivity index (χ0n) is 14.7. The summed E-state index contributed by atoms with van der Waals surface area (Å²) in [6, 6.07) is 11.3. The van der Waals surface area contributed by atoms with Crippen molar-refractivity contribution < 1.29 is 9.53 Å². The molecule has 0 spiro atoms. The van der Waals surface area contributed by atoms with Gasteiger partial charge in [-0.15, -0.1) is 10.2 Å². The summed E-state index contributed by atoms with van der Waals surface area (Å²) in [6.07, 6.45) is 3.47. The Bertz CT molecular complexity index is 988. The van der Waals surface area contributed by atoms with Gasteiger partial charge in [0.2, 0.25) is 0 Å². The Hall–Kier alpha value is -2.49. The van der Waals surface area contributed by atoms with Gasteiger partial charge in [0.1, 0.15) is 23.6 Å². The molecule has 27 heavy (non-hydrogen) atoms. The van der Waals surface area contributed by atoms with Crippen molar-refractivity contribution >= 4 is 34.3 Å². The molecular formula is C19H18IN5O2. The van der Waals surface area contributed by atoms with Crippen molar-refractivity contribution in [1.82, 2.24) is 19.7 Å². The summed E-state index contributed by atoms with van der Waals surface area (Å²) in [6.45, 7) is 2.66. The van der Waals surface area contributed by atoms with Gasteiger partial charge in [0.15, 0.2) is 5.82 Å². The van der Waals surface area contributed by atoms with E-state index in [4.69, 9.17) is 4.74 Å². The number of pyridine rings is 1. The quantitative estimate of drug-likeness (QED) is 0.499. The lowest BCUT2D eigenvalue weighted by molar-refractivity contribution is 0.102. The molecule has 1 unspecified atom stereocenters. The Kier molecular flexibility index (Phi) is 5.06. The first kappa shape index (κ1) is 17.9. The van der Waals surface area contributed by atoms with E-state index in [1.807, 2.05) is 34.9 Å². The van der Waals surface area contributed by atoms with Crippen molar-refractivity contribution in [3.63, 3.8) is 0 Å². The largest absolute Gasteiger partial charge is 0.493 e. The van der Waals surface area contributed by atoms with E-state index in [-0.39, 0.29) is 11.9 Å². The van der Waals surface area contributed by atoms with Gasteiger partial charge in [-0.2, -0.15) is 0 Å². The van der Waals surface area contributed by atoms with Gasteiger partial charge >= 0.3 is 0 Å². The standard InChI is InChI=1S/C19H18IN5O2/c1-12-4-3-9-27-16-8-7-13(20)10-14(16)19(26)23-17-6-2-5-15(22-17)18-24-21-11-25(12)18/h2,5-8,10-12H,3-4,9H2,1H3,(H,22,23,26). The molecule has 3 aromatic rings. The number of nitrogens with zero attached hydrogens (tertiary/aromatic N) is 4. The topological polar surface area (TPSA) is 81.9 Å². The van der Waals surface area contributed by atoms with E-state index in [9.17, 15) is 4.79 Å². The van der Waals surface area contributed by atoms with E-state index in [1.165, 1.54) is 0 Å². The van der Waals surface area contributed by atoms with Crippen LogP contribution in [-0.2, 0) is 0 Å². The Balaban J connectivity index is 1.77. The average Bonchev–Trinajstić information content (AvgIpc) is 3.15. The molecule has 0 fully saturated rings. The van der Waals surface area contributed by atoms with Gasteiger partial charge in [-0.3, -0.25) is 4.79 Å². The minimum atomic E-state index is -0.250. The number of carbonyl (C=O) groups is 1. The zero-order chi connectivity index (χ0) is 18.8. The van der Waals surface area contributed by atoms with Crippen LogP contribution in [0.25, 0.3) is 11.5 Å². The van der Waals surface area contributed by atoms with Gasteiger partial charge in [-0.1, -0.05) is 6.07 Å². The van der Waals surface area contributed by atoms with Gasteiger partial charge in [0, 0.05) is 9.61 Å². The number of fused-ring (bicyclic) bond motifs is 5. The van der Waals surface area contributed by atoms with Crippen LogP contribution < -0.4 is 10.1 Å². The summed E-state index contributed by atoms with van der Waals surface area (Å²) in [5.74, 6) is 1.48. The molecule has 1 aromatic carbocycles. The fraction of sp³-hybridized carbons (Fsp3) is 0.263. The van der Waals surface area contributed by atoms with E-state index in [0.29, 0.717) is 35.3 Å². The third-order valence-corrected chi connectivity index (χ3v) is 5.15. The highest BCUT2D eigenvalue weighted by molar-refractivity contribution is 14.1. The number of hydrogen-bond acceptors (Lipinski definition) is 5. The predicted molar refractivity (Wildman–Crippen MR) is 110 cm³/mol. The number of carbonyl (C=O) groups excluding carboxylic acids is 1. The Labute approximate surface area is 170 Å². The lowest BCUT2D eigenvalue weighted by atomic mass is 10.1. The normalized spacial score (nSPS) is 17.1. The second-order valence-electron chi connectivity index (χ2n) is 6.40. The van der Waals surface area contributed by atoms with Crippen molar-refractivity contribution in [3.8, 4) is 17.3 Å². The Morgan fingerprint density at radius 2 is 2.19 bits per heavy atom. The van der Waals surface area contributed by atoms with Gasteiger partial charge in [0.05, 0.1) is 12.2 Å². The molecule has 7 nitrogen and oxygen atoms in total. The number of amides is 1. The third kappa shape index (κ3) is 3.80. The molecule has 4 rings (SSSR count). The maximum atomic E-state index is 12.8. The second kappa shape index (κ2) is 7.63. The minimum Gasteiger partial charge on any atom is -0.493 e. The summed E-state index contributed by atoms with van der Waals surface area (Å²) in [5, 5.41) is 11.1. The van der Waals surface area contributed by atoms with Gasteiger partial charge < -0.3 is 14.6 Å². The molecule has 0 aliphatic carbocycles. The van der Waals surface area contributed by atoms with Gasteiger partial charge in [-0.25, -0.2) is 4.98 Å². The first-order valence-electron chi connectivity index (χ1n) is 8.72. The highest BCUT2D eigenvalue weighted by Crippen LogP contribution is 2.26. The number of rotatable bonds is 0. The number of anilines is 1. The molecule has 0 saturated carbocycles. The summed E-state index contributed by atoms with van der Waals surface area (Å²) >= 11 is 2.19. The number of ether oxygens (including phenoxy) is 1. The summed E-state index contributed by atoms with van der Waals surface area (Å²) in [5.41, 5.74) is 1.18. The molecule has 0 radical (unpaired) electrons. The molecule has 1 atom stereocenters. The molecule has 0 saturated heterocycles. The number of halogens is 1. The van der Waals surface area contributed by atoms with Crippen LogP contribution in [0.4, 0.5) is 5.82 Å². The molecule has 1 N–H and O–H groups in total. The maximum absolute atomic E-state index is 12.8. The number of aromatic nitrogens is 4. The van der Waals surface area contributed by atoms with Crippen LogP contribution in [0.1, 0.15) is 36.2 Å². The first-order chi connectivity index (χ1) is 13.1. The molecule has 8 heteroatoms. The van der Waals surface area contributed by atoms with Crippen molar-refractivity contribution in [3.05, 3.63) is 51.9 Å². The van der Waals surface area contributed by atoms with Crippen molar-refractivity contribution in [2.24, 2.45) is 0 Å². The molecule has 1 aliphatic rings. The first-order valence-corrected chi connectivity index (χ1v) is 9.80. The van der Waals surface area contributed by atoms with Crippen LogP contribution in [0, 0.1) is 3.57 Å². The molecular weight excluding hydrogens is 457 g/mol. The second-order valence-corrected chi connectivity index (χ2v) is 7.65. The van der Waals surface area contributed by atoms with Crippen LogP contribution >= 0.6 is 22.6 Å². The molecule has 2 aromatic heterocycles. The zero-order valence-corrected chi connectivity index (χ0v) is 16.9. The number of benzene rings is 1. The Morgan fingerprint density at radius 1 is 1.30 bits per heavy atom. The average molecular weight is 475 g/mol. The summed E-state index contributed by atoms with van der Waals surface area (Å²) in [4.78, 5) is 17.4. The Morgan fingerprint density at radius 3 is 3.07 bits per heavy atom.